The predicted octanol–water partition coefficient (Wildman–Crippen LogP) is 2.93. The monoisotopic (exact) mass is 211 g/mol. The van der Waals surface area contributed by atoms with E-state index in [0.717, 1.165) is 25.9 Å². The third-order valence-corrected chi connectivity index (χ3v) is 2.94. The van der Waals surface area contributed by atoms with Crippen molar-refractivity contribution in [3.63, 3.8) is 0 Å². The van der Waals surface area contributed by atoms with Crippen molar-refractivity contribution in [3.05, 3.63) is 0 Å². The molecule has 0 heterocycles. The Hall–Kier alpha value is -0.530. The number of amides is 1. The summed E-state index contributed by atoms with van der Waals surface area (Å²) < 4.78 is 0. The van der Waals surface area contributed by atoms with Crippen LogP contribution in [0, 0.1) is 17.8 Å². The van der Waals surface area contributed by atoms with Gasteiger partial charge >= 0.3 is 0 Å². The SMILES string of the molecule is CC(C)CN(CC(C)C)C(=O)C1CCC1. The molecule has 2 heteroatoms. The zero-order valence-electron chi connectivity index (χ0n) is 10.6. The molecule has 1 amide bonds. The summed E-state index contributed by atoms with van der Waals surface area (Å²) in [6.45, 7) is 10.6. The number of carbonyl (C=O) groups excluding carboxylic acids is 1. The highest BCUT2D eigenvalue weighted by Crippen LogP contribution is 2.28. The fourth-order valence-corrected chi connectivity index (χ4v) is 2.05. The van der Waals surface area contributed by atoms with Crippen LogP contribution in [0.3, 0.4) is 0 Å². The van der Waals surface area contributed by atoms with E-state index in [1.807, 2.05) is 0 Å². The molecule has 1 aliphatic carbocycles. The van der Waals surface area contributed by atoms with Gasteiger partial charge in [0.15, 0.2) is 0 Å². The van der Waals surface area contributed by atoms with Crippen LogP contribution < -0.4 is 0 Å². The van der Waals surface area contributed by atoms with Crippen molar-refractivity contribution in [1.82, 2.24) is 4.90 Å². The van der Waals surface area contributed by atoms with E-state index >= 15 is 0 Å². The Balaban J connectivity index is 2.49. The van der Waals surface area contributed by atoms with Gasteiger partial charge in [-0.15, -0.1) is 0 Å². The van der Waals surface area contributed by atoms with Crippen molar-refractivity contribution in [3.8, 4) is 0 Å². The summed E-state index contributed by atoms with van der Waals surface area (Å²) in [6.07, 6.45) is 3.48. The van der Waals surface area contributed by atoms with E-state index in [1.54, 1.807) is 0 Å². The predicted molar refractivity (Wildman–Crippen MR) is 63.6 cm³/mol. The second-order valence-electron chi connectivity index (χ2n) is 5.66. The Bertz CT molecular complexity index is 197. The first-order chi connectivity index (χ1) is 7.00. The Morgan fingerprint density at radius 1 is 1.13 bits per heavy atom. The minimum atomic E-state index is 0.350. The lowest BCUT2D eigenvalue weighted by Crippen LogP contribution is -2.42. The van der Waals surface area contributed by atoms with E-state index in [0.29, 0.717) is 23.7 Å². The molecule has 0 aliphatic heterocycles. The van der Waals surface area contributed by atoms with Crippen LogP contribution in [0.15, 0.2) is 0 Å². The van der Waals surface area contributed by atoms with Gasteiger partial charge in [-0.2, -0.15) is 0 Å². The molecule has 0 atom stereocenters. The van der Waals surface area contributed by atoms with E-state index < -0.39 is 0 Å². The molecule has 0 spiro atoms. The smallest absolute Gasteiger partial charge is 0.225 e. The van der Waals surface area contributed by atoms with Gasteiger partial charge in [0.1, 0.15) is 0 Å². The van der Waals surface area contributed by atoms with Crippen LogP contribution in [0.4, 0.5) is 0 Å². The molecule has 0 aromatic heterocycles. The van der Waals surface area contributed by atoms with Crippen LogP contribution in [-0.2, 0) is 4.79 Å². The van der Waals surface area contributed by atoms with Gasteiger partial charge in [0.25, 0.3) is 0 Å². The van der Waals surface area contributed by atoms with Crippen LogP contribution in [0.1, 0.15) is 47.0 Å². The minimum absolute atomic E-state index is 0.350. The number of rotatable bonds is 5. The van der Waals surface area contributed by atoms with Gasteiger partial charge in [-0.25, -0.2) is 0 Å². The number of hydrogen-bond acceptors (Lipinski definition) is 1. The summed E-state index contributed by atoms with van der Waals surface area (Å²) in [7, 11) is 0. The fraction of sp³-hybridized carbons (Fsp3) is 0.923. The fourth-order valence-electron chi connectivity index (χ4n) is 2.05. The van der Waals surface area contributed by atoms with Crippen LogP contribution in [0.25, 0.3) is 0 Å². The summed E-state index contributed by atoms with van der Waals surface area (Å²) in [5.41, 5.74) is 0. The van der Waals surface area contributed by atoms with Gasteiger partial charge in [0, 0.05) is 19.0 Å². The maximum absolute atomic E-state index is 12.1. The van der Waals surface area contributed by atoms with Crippen molar-refractivity contribution in [1.29, 1.82) is 0 Å². The molecular formula is C13H25NO. The first kappa shape index (κ1) is 12.5. The quantitative estimate of drug-likeness (QED) is 0.684. The van der Waals surface area contributed by atoms with Crippen molar-refractivity contribution in [2.45, 2.75) is 47.0 Å². The summed E-state index contributed by atoms with van der Waals surface area (Å²) in [6, 6.07) is 0. The summed E-state index contributed by atoms with van der Waals surface area (Å²) in [5.74, 6) is 1.91. The van der Waals surface area contributed by atoms with Crippen LogP contribution in [0.2, 0.25) is 0 Å². The van der Waals surface area contributed by atoms with Gasteiger partial charge in [-0.1, -0.05) is 34.1 Å². The van der Waals surface area contributed by atoms with E-state index in [-0.39, 0.29) is 0 Å². The van der Waals surface area contributed by atoms with Crippen LogP contribution in [-0.4, -0.2) is 23.9 Å². The summed E-state index contributed by atoms with van der Waals surface area (Å²) >= 11 is 0. The Morgan fingerprint density at radius 3 is 1.87 bits per heavy atom. The highest BCUT2D eigenvalue weighted by Gasteiger charge is 2.29. The zero-order valence-corrected chi connectivity index (χ0v) is 10.6. The lowest BCUT2D eigenvalue weighted by Gasteiger charge is -2.33. The second kappa shape index (κ2) is 5.53. The highest BCUT2D eigenvalue weighted by atomic mass is 16.2. The molecule has 0 radical (unpaired) electrons. The van der Waals surface area contributed by atoms with E-state index in [2.05, 4.69) is 32.6 Å². The number of hydrogen-bond donors (Lipinski definition) is 0. The van der Waals surface area contributed by atoms with Crippen molar-refractivity contribution < 1.29 is 4.79 Å². The molecule has 0 aromatic carbocycles. The average molecular weight is 211 g/mol. The standard InChI is InChI=1S/C13H25NO/c1-10(2)8-14(9-11(3)4)13(15)12-6-5-7-12/h10-12H,5-9H2,1-4H3. The first-order valence-corrected chi connectivity index (χ1v) is 6.29. The van der Waals surface area contributed by atoms with Gasteiger partial charge in [0.2, 0.25) is 5.91 Å². The Labute approximate surface area is 94.0 Å². The molecule has 2 nitrogen and oxygen atoms in total. The first-order valence-electron chi connectivity index (χ1n) is 6.29. The van der Waals surface area contributed by atoms with Gasteiger partial charge in [-0.3, -0.25) is 4.79 Å². The summed E-state index contributed by atoms with van der Waals surface area (Å²) in [5, 5.41) is 0. The molecular weight excluding hydrogens is 186 g/mol. The number of nitrogens with zero attached hydrogens (tertiary/aromatic N) is 1. The summed E-state index contributed by atoms with van der Waals surface area (Å²) in [4.78, 5) is 14.2. The number of carbonyl (C=O) groups is 1. The molecule has 0 bridgehead atoms. The molecule has 88 valence electrons. The van der Waals surface area contributed by atoms with Gasteiger partial charge in [0.05, 0.1) is 0 Å². The molecule has 15 heavy (non-hydrogen) atoms. The average Bonchev–Trinajstić information content (AvgIpc) is 1.97. The van der Waals surface area contributed by atoms with Crippen molar-refractivity contribution in [2.75, 3.05) is 13.1 Å². The topological polar surface area (TPSA) is 20.3 Å². The highest BCUT2D eigenvalue weighted by molar-refractivity contribution is 5.79. The van der Waals surface area contributed by atoms with Crippen LogP contribution >= 0.6 is 0 Å². The molecule has 1 rings (SSSR count). The van der Waals surface area contributed by atoms with Crippen molar-refractivity contribution in [2.24, 2.45) is 17.8 Å². The van der Waals surface area contributed by atoms with Gasteiger partial charge in [-0.05, 0) is 24.7 Å². The lowest BCUT2D eigenvalue weighted by atomic mass is 9.84. The maximum Gasteiger partial charge on any atom is 0.225 e. The second-order valence-corrected chi connectivity index (χ2v) is 5.66. The minimum Gasteiger partial charge on any atom is -0.342 e. The normalized spacial score (nSPS) is 16.9. The molecule has 0 N–H and O–H groups in total. The third-order valence-electron chi connectivity index (χ3n) is 2.94. The van der Waals surface area contributed by atoms with Crippen LogP contribution in [0.5, 0.6) is 0 Å². The third kappa shape index (κ3) is 3.84. The van der Waals surface area contributed by atoms with E-state index in [9.17, 15) is 4.79 Å². The molecule has 0 unspecified atom stereocenters. The largest absolute Gasteiger partial charge is 0.342 e. The van der Waals surface area contributed by atoms with E-state index in [1.165, 1.54) is 6.42 Å². The molecule has 1 fully saturated rings. The Kier molecular flexibility index (Phi) is 4.62. The maximum atomic E-state index is 12.1. The molecule has 0 aromatic rings. The molecule has 1 aliphatic rings. The lowest BCUT2D eigenvalue weighted by molar-refractivity contribution is -0.139. The van der Waals surface area contributed by atoms with E-state index in [4.69, 9.17) is 0 Å². The molecule has 1 saturated carbocycles. The molecule has 0 saturated heterocycles. The van der Waals surface area contributed by atoms with Crippen molar-refractivity contribution >= 4 is 5.91 Å². The van der Waals surface area contributed by atoms with Gasteiger partial charge < -0.3 is 4.90 Å². The zero-order chi connectivity index (χ0) is 11.4. The Morgan fingerprint density at radius 2 is 1.60 bits per heavy atom.